The summed E-state index contributed by atoms with van der Waals surface area (Å²) in [5.41, 5.74) is 3.83. The van der Waals surface area contributed by atoms with Gasteiger partial charge in [0.05, 0.1) is 0 Å². The van der Waals surface area contributed by atoms with Crippen molar-refractivity contribution in [3.63, 3.8) is 0 Å². The molecule has 4 aromatic rings. The first-order chi connectivity index (χ1) is 12.4. The summed E-state index contributed by atoms with van der Waals surface area (Å²) in [5, 5.41) is 5.39. The summed E-state index contributed by atoms with van der Waals surface area (Å²) in [5.74, 6) is 0. The van der Waals surface area contributed by atoms with Crippen molar-refractivity contribution in [2.75, 3.05) is 0 Å². The van der Waals surface area contributed by atoms with Crippen LogP contribution >= 0.6 is 0 Å². The first kappa shape index (κ1) is 27.3. The maximum atomic E-state index is 2.38. The third kappa shape index (κ3) is 8.78. The maximum Gasteiger partial charge on any atom is -0.0579 e. The van der Waals surface area contributed by atoms with Crippen LogP contribution in [0.2, 0.25) is 12.1 Å². The topological polar surface area (TPSA) is 0 Å². The second-order valence-corrected chi connectivity index (χ2v) is 15.5. The van der Waals surface area contributed by atoms with E-state index < -0.39 is 0 Å². The second-order valence-electron chi connectivity index (χ2n) is 7.16. The van der Waals surface area contributed by atoms with Gasteiger partial charge in [-0.25, -0.2) is 0 Å². The van der Waals surface area contributed by atoms with E-state index in [-0.39, 0.29) is 30.2 Å². The predicted molar refractivity (Wildman–Crippen MR) is 115 cm³/mol. The third-order valence-electron chi connectivity index (χ3n) is 4.39. The summed E-state index contributed by atoms with van der Waals surface area (Å²) in [6.45, 7) is 11.2. The Morgan fingerprint density at radius 1 is 0.750 bits per heavy atom. The van der Waals surface area contributed by atoms with Gasteiger partial charge >= 0.3 is 54.7 Å². The molecule has 0 fully saturated rings. The van der Waals surface area contributed by atoms with Crippen LogP contribution in [0.3, 0.4) is 0 Å². The van der Waals surface area contributed by atoms with Gasteiger partial charge in [-0.3, -0.25) is 0 Å². The molecule has 0 saturated heterocycles. The summed E-state index contributed by atoms with van der Waals surface area (Å²) < 4.78 is 0. The molecule has 4 heteroatoms. The fourth-order valence-electron chi connectivity index (χ4n) is 2.61. The van der Waals surface area contributed by atoms with Gasteiger partial charge < -0.3 is 24.8 Å². The van der Waals surface area contributed by atoms with Gasteiger partial charge in [-0.2, -0.15) is 12.1 Å². The molecular weight excluding hydrogens is 478 g/mol. The molecular formula is C24H28Cl2SiZr-2. The van der Waals surface area contributed by atoms with Crippen LogP contribution in [0, 0.1) is 13.8 Å². The minimum Gasteiger partial charge on any atom is -1.00 e. The van der Waals surface area contributed by atoms with Crippen LogP contribution < -0.4 is 24.8 Å². The van der Waals surface area contributed by atoms with Gasteiger partial charge in [-0.1, -0.05) is 26.0 Å². The van der Waals surface area contributed by atoms with Crippen LogP contribution in [0.4, 0.5) is 0 Å². The Kier molecular flexibility index (Phi) is 13.2. The molecule has 0 nitrogen and oxygen atoms in total. The number of halogens is 2. The summed E-state index contributed by atoms with van der Waals surface area (Å²) in [6.07, 6.45) is 0. The largest absolute Gasteiger partial charge is 1.00 e. The molecule has 148 valence electrons. The fraction of sp³-hybridized carbons (Fsp3) is 0.250. The zero-order valence-electron chi connectivity index (χ0n) is 17.3. The zero-order valence-corrected chi connectivity index (χ0v) is 22.2. The van der Waals surface area contributed by atoms with Crippen molar-refractivity contribution in [1.29, 1.82) is 0 Å². The van der Waals surface area contributed by atoms with E-state index >= 15 is 0 Å². The zero-order chi connectivity index (χ0) is 19.1. The van der Waals surface area contributed by atoms with Crippen LogP contribution in [-0.4, -0.2) is 5.43 Å². The van der Waals surface area contributed by atoms with Crippen molar-refractivity contribution in [3.8, 4) is 0 Å². The molecule has 0 heterocycles. The average Bonchev–Trinajstić information content (AvgIpc) is 3.16. The quantitative estimate of drug-likeness (QED) is 0.270. The Labute approximate surface area is 197 Å². The van der Waals surface area contributed by atoms with Gasteiger partial charge in [0.25, 0.3) is 0 Å². The first-order valence-electron chi connectivity index (χ1n) is 9.16. The second kappa shape index (κ2) is 13.5. The Balaban J connectivity index is 0.000000391. The SMILES string of the molecule is CC(C)[Si](C)=[Zr+2].Cc1cc2ccccc2[cH-]1.Cc1cc2ccccc2[cH-]1.[Cl-].[Cl-]. The predicted octanol–water partition coefficient (Wildman–Crippen LogP) is 1.31. The van der Waals surface area contributed by atoms with E-state index in [4.69, 9.17) is 0 Å². The molecule has 0 unspecified atom stereocenters. The number of aryl methyl sites for hydroxylation is 2. The molecule has 4 aromatic carbocycles. The maximum absolute atomic E-state index is 2.38. The summed E-state index contributed by atoms with van der Waals surface area (Å²) in [7, 11) is 0. The van der Waals surface area contributed by atoms with Gasteiger partial charge in [0.1, 0.15) is 0 Å². The number of benzene rings is 2. The first-order valence-corrected chi connectivity index (χ1v) is 14.9. The average molecular weight is 507 g/mol. The molecule has 0 bridgehead atoms. The van der Waals surface area contributed by atoms with E-state index in [0.29, 0.717) is 0 Å². The Morgan fingerprint density at radius 3 is 1.36 bits per heavy atom. The van der Waals surface area contributed by atoms with Gasteiger partial charge in [-0.05, 0) is 0 Å². The molecule has 0 aromatic heterocycles. The van der Waals surface area contributed by atoms with Crippen LogP contribution in [0.5, 0.6) is 0 Å². The number of hydrogen-bond donors (Lipinski definition) is 0. The van der Waals surface area contributed by atoms with Crippen molar-refractivity contribution in [2.24, 2.45) is 0 Å². The molecule has 4 rings (SSSR count). The standard InChI is InChI=1S/2C10H9.C4H10Si.2ClH.Zr/c2*1-8-6-9-4-2-3-5-10(9)7-8;1-4(2)5-3;;;/h2*2-7H,1H3;4H,1-3H3;2*1H;/q2*-1;;;;+2/p-2. The molecule has 0 spiro atoms. The van der Waals surface area contributed by atoms with E-state index in [1.807, 2.05) is 0 Å². The number of hydrogen-bond acceptors (Lipinski definition) is 0. The van der Waals surface area contributed by atoms with Crippen LogP contribution in [-0.2, 0) is 23.3 Å². The van der Waals surface area contributed by atoms with Crippen LogP contribution in [0.15, 0.2) is 72.8 Å². The van der Waals surface area contributed by atoms with Crippen LogP contribution in [0.1, 0.15) is 25.0 Å². The molecule has 0 aliphatic rings. The molecule has 0 aliphatic heterocycles. The molecule has 0 amide bonds. The minimum absolute atomic E-state index is 0. The Hall–Kier alpha value is -0.660. The Morgan fingerprint density at radius 2 is 1.07 bits per heavy atom. The third-order valence-corrected chi connectivity index (χ3v) is 10.4. The van der Waals surface area contributed by atoms with Crippen molar-refractivity contribution >= 4 is 27.0 Å². The molecule has 0 N–H and O–H groups in total. The van der Waals surface area contributed by atoms with E-state index in [9.17, 15) is 0 Å². The molecule has 28 heavy (non-hydrogen) atoms. The fourth-order valence-corrected chi connectivity index (χ4v) is 2.61. The van der Waals surface area contributed by atoms with Gasteiger partial charge in [0.2, 0.25) is 0 Å². The Bertz CT molecular complexity index is 844. The smallest absolute Gasteiger partial charge is 0.0579 e. The van der Waals surface area contributed by atoms with Gasteiger partial charge in [0, 0.05) is 0 Å². The van der Waals surface area contributed by atoms with Crippen molar-refractivity contribution in [2.45, 2.75) is 39.8 Å². The molecule has 0 aliphatic carbocycles. The molecule has 0 radical (unpaired) electrons. The number of fused-ring (bicyclic) bond motifs is 2. The van der Waals surface area contributed by atoms with E-state index in [1.165, 1.54) is 32.7 Å². The normalized spacial score (nSPS) is 9.57. The van der Waals surface area contributed by atoms with E-state index in [1.54, 1.807) is 23.3 Å². The molecule has 0 atom stereocenters. The summed E-state index contributed by atoms with van der Waals surface area (Å²) >= 11 is 1.77. The van der Waals surface area contributed by atoms with Crippen molar-refractivity contribution < 1.29 is 48.1 Å². The summed E-state index contributed by atoms with van der Waals surface area (Å²) in [4.78, 5) is 0. The van der Waals surface area contributed by atoms with Crippen molar-refractivity contribution in [1.82, 2.24) is 0 Å². The van der Waals surface area contributed by atoms with Gasteiger partial charge in [0.15, 0.2) is 0 Å². The van der Waals surface area contributed by atoms with Gasteiger partial charge in [-0.15, -0.1) is 81.2 Å². The van der Waals surface area contributed by atoms with E-state index in [2.05, 4.69) is 107 Å². The van der Waals surface area contributed by atoms with E-state index in [0.717, 1.165) is 5.54 Å². The number of rotatable bonds is 1. The van der Waals surface area contributed by atoms with Crippen LogP contribution in [0.25, 0.3) is 21.5 Å². The minimum atomic E-state index is 0. The molecule has 0 saturated carbocycles. The monoisotopic (exact) mass is 504 g/mol. The summed E-state index contributed by atoms with van der Waals surface area (Å²) in [6, 6.07) is 25.7. The van der Waals surface area contributed by atoms with Crippen molar-refractivity contribution in [3.05, 3.63) is 83.9 Å².